The van der Waals surface area contributed by atoms with Crippen LogP contribution in [0.3, 0.4) is 0 Å². The van der Waals surface area contributed by atoms with Crippen LogP contribution in [0.25, 0.3) is 0 Å². The molecule has 0 atom stereocenters. The van der Waals surface area contributed by atoms with Crippen LogP contribution in [0, 0.1) is 0 Å². The van der Waals surface area contributed by atoms with Crippen molar-refractivity contribution >= 4 is 17.8 Å². The lowest BCUT2D eigenvalue weighted by molar-refractivity contribution is -0.159. The van der Waals surface area contributed by atoms with Gasteiger partial charge < -0.3 is 24.6 Å². The molecule has 3 rings (SSSR count). The van der Waals surface area contributed by atoms with Gasteiger partial charge in [0.2, 0.25) is 0 Å². The second kappa shape index (κ2) is 12.2. The average Bonchev–Trinajstić information content (AvgIpc) is 2.79. The predicted molar refractivity (Wildman–Crippen MR) is 112 cm³/mol. The molecule has 1 heterocycles. The van der Waals surface area contributed by atoms with Crippen LogP contribution in [0.4, 0.5) is 0 Å². The van der Waals surface area contributed by atoms with E-state index in [0.29, 0.717) is 0 Å². The van der Waals surface area contributed by atoms with Gasteiger partial charge in [-0.05, 0) is 18.2 Å². The van der Waals surface area contributed by atoms with Crippen LogP contribution in [-0.2, 0) is 20.9 Å². The monoisotopic (exact) mass is 430 g/mol. The second-order valence-corrected chi connectivity index (χ2v) is 6.68. The number of piperazine rings is 1. The number of ether oxygens (including phenoxy) is 2. The standard InChI is InChI=1S/C20H24N2O3.C2H2O4/c1-24-19-10-6-5-7-17(19)15-21-11-13-22(14-12-21)20(23)16-25-18-8-3-2-4-9-18;3-1(4)2(5)6/h2-10H,11-16H2,1H3;(H,3,4)(H,5,6). The summed E-state index contributed by atoms with van der Waals surface area (Å²) in [5.41, 5.74) is 1.18. The van der Waals surface area contributed by atoms with Crippen LogP contribution in [0.1, 0.15) is 5.56 Å². The molecule has 166 valence electrons. The zero-order chi connectivity index (χ0) is 22.6. The van der Waals surface area contributed by atoms with Crippen LogP contribution in [0.15, 0.2) is 54.6 Å². The largest absolute Gasteiger partial charge is 0.496 e. The van der Waals surface area contributed by atoms with Gasteiger partial charge >= 0.3 is 11.9 Å². The first-order chi connectivity index (χ1) is 14.9. The smallest absolute Gasteiger partial charge is 0.414 e. The Hall–Kier alpha value is -3.59. The van der Waals surface area contributed by atoms with Gasteiger partial charge in [-0.1, -0.05) is 36.4 Å². The molecule has 31 heavy (non-hydrogen) atoms. The van der Waals surface area contributed by atoms with Crippen LogP contribution in [0.5, 0.6) is 11.5 Å². The highest BCUT2D eigenvalue weighted by Gasteiger charge is 2.22. The third-order valence-electron chi connectivity index (χ3n) is 4.60. The summed E-state index contributed by atoms with van der Waals surface area (Å²) in [6.07, 6.45) is 0. The number of hydrogen-bond donors (Lipinski definition) is 2. The van der Waals surface area contributed by atoms with Crippen molar-refractivity contribution in [2.75, 3.05) is 39.9 Å². The average molecular weight is 430 g/mol. The number of para-hydroxylation sites is 2. The van der Waals surface area contributed by atoms with Crippen LogP contribution < -0.4 is 9.47 Å². The molecule has 1 fully saturated rings. The molecule has 0 bridgehead atoms. The highest BCUT2D eigenvalue weighted by Crippen LogP contribution is 2.20. The van der Waals surface area contributed by atoms with E-state index in [1.165, 1.54) is 5.56 Å². The number of methoxy groups -OCH3 is 1. The van der Waals surface area contributed by atoms with E-state index in [0.717, 1.165) is 44.2 Å². The van der Waals surface area contributed by atoms with E-state index in [2.05, 4.69) is 11.0 Å². The van der Waals surface area contributed by atoms with Crippen LogP contribution >= 0.6 is 0 Å². The van der Waals surface area contributed by atoms with Gasteiger partial charge in [-0.2, -0.15) is 0 Å². The molecular formula is C22H26N2O7. The van der Waals surface area contributed by atoms with Gasteiger partial charge in [-0.25, -0.2) is 9.59 Å². The first-order valence-electron chi connectivity index (χ1n) is 9.66. The number of aliphatic carboxylic acids is 2. The lowest BCUT2D eigenvalue weighted by Gasteiger charge is -2.34. The number of nitrogens with zero attached hydrogens (tertiary/aromatic N) is 2. The second-order valence-electron chi connectivity index (χ2n) is 6.68. The molecule has 1 saturated heterocycles. The van der Waals surface area contributed by atoms with E-state index in [9.17, 15) is 4.79 Å². The van der Waals surface area contributed by atoms with Crippen molar-refractivity contribution < 1.29 is 34.1 Å². The molecule has 0 saturated carbocycles. The van der Waals surface area contributed by atoms with Gasteiger partial charge in [-0.15, -0.1) is 0 Å². The zero-order valence-electron chi connectivity index (χ0n) is 17.3. The van der Waals surface area contributed by atoms with Crippen LogP contribution in [-0.4, -0.2) is 77.8 Å². The lowest BCUT2D eigenvalue weighted by Crippen LogP contribution is -2.49. The van der Waals surface area contributed by atoms with Gasteiger partial charge in [0.25, 0.3) is 5.91 Å². The summed E-state index contributed by atoms with van der Waals surface area (Å²) in [5.74, 6) is -1.96. The molecule has 0 spiro atoms. The van der Waals surface area contributed by atoms with Gasteiger partial charge in [0.05, 0.1) is 7.11 Å². The molecule has 1 aliphatic rings. The van der Waals surface area contributed by atoms with Gasteiger partial charge in [0.15, 0.2) is 6.61 Å². The third-order valence-corrected chi connectivity index (χ3v) is 4.60. The number of hydrogen-bond acceptors (Lipinski definition) is 6. The summed E-state index contributed by atoms with van der Waals surface area (Å²) in [6, 6.07) is 17.5. The fraction of sp³-hybridized carbons (Fsp3) is 0.318. The minimum absolute atomic E-state index is 0.0424. The number of carbonyl (C=O) groups excluding carboxylic acids is 1. The molecule has 1 amide bonds. The molecule has 0 aliphatic carbocycles. The van der Waals surface area contributed by atoms with E-state index >= 15 is 0 Å². The van der Waals surface area contributed by atoms with Crippen molar-refractivity contribution in [1.82, 2.24) is 9.80 Å². The van der Waals surface area contributed by atoms with Crippen molar-refractivity contribution in [2.24, 2.45) is 0 Å². The molecular weight excluding hydrogens is 404 g/mol. The van der Waals surface area contributed by atoms with E-state index in [4.69, 9.17) is 29.3 Å². The number of carboxylic acids is 2. The van der Waals surface area contributed by atoms with Crippen molar-refractivity contribution in [2.45, 2.75) is 6.54 Å². The highest BCUT2D eigenvalue weighted by molar-refractivity contribution is 6.27. The van der Waals surface area contributed by atoms with Crippen molar-refractivity contribution in [1.29, 1.82) is 0 Å². The molecule has 2 aromatic rings. The Balaban J connectivity index is 0.000000501. The van der Waals surface area contributed by atoms with E-state index in [1.807, 2.05) is 53.4 Å². The van der Waals surface area contributed by atoms with E-state index in [-0.39, 0.29) is 12.5 Å². The molecule has 9 heteroatoms. The minimum atomic E-state index is -1.82. The summed E-state index contributed by atoms with van der Waals surface area (Å²) in [5, 5.41) is 14.8. The maximum Gasteiger partial charge on any atom is 0.414 e. The number of carboxylic acid groups (broad SMARTS) is 2. The molecule has 9 nitrogen and oxygen atoms in total. The Morgan fingerprint density at radius 1 is 0.871 bits per heavy atom. The predicted octanol–water partition coefficient (Wildman–Crippen LogP) is 1.57. The quantitative estimate of drug-likeness (QED) is 0.664. The SMILES string of the molecule is COc1ccccc1CN1CCN(C(=O)COc2ccccc2)CC1.O=C(O)C(=O)O. The zero-order valence-corrected chi connectivity index (χ0v) is 17.3. The van der Waals surface area contributed by atoms with Crippen molar-refractivity contribution in [3.05, 3.63) is 60.2 Å². The Bertz CT molecular complexity index is 853. The van der Waals surface area contributed by atoms with E-state index < -0.39 is 11.9 Å². The first-order valence-corrected chi connectivity index (χ1v) is 9.66. The fourth-order valence-electron chi connectivity index (χ4n) is 2.98. The maximum atomic E-state index is 12.3. The van der Waals surface area contributed by atoms with Crippen molar-refractivity contribution in [3.63, 3.8) is 0 Å². The Morgan fingerprint density at radius 2 is 1.45 bits per heavy atom. The van der Waals surface area contributed by atoms with Gasteiger partial charge in [0.1, 0.15) is 11.5 Å². The van der Waals surface area contributed by atoms with Crippen LogP contribution in [0.2, 0.25) is 0 Å². The van der Waals surface area contributed by atoms with E-state index in [1.54, 1.807) is 7.11 Å². The summed E-state index contributed by atoms with van der Waals surface area (Å²) in [7, 11) is 1.70. The molecule has 1 aliphatic heterocycles. The number of rotatable bonds is 6. The molecule has 0 radical (unpaired) electrons. The lowest BCUT2D eigenvalue weighted by atomic mass is 10.1. The molecule has 0 aromatic heterocycles. The topological polar surface area (TPSA) is 117 Å². The Morgan fingerprint density at radius 3 is 2.03 bits per heavy atom. The molecule has 0 unspecified atom stereocenters. The summed E-state index contributed by atoms with van der Waals surface area (Å²) in [4.78, 5) is 34.7. The summed E-state index contributed by atoms with van der Waals surface area (Å²) >= 11 is 0. The van der Waals surface area contributed by atoms with Crippen molar-refractivity contribution in [3.8, 4) is 11.5 Å². The molecule has 2 aromatic carbocycles. The fourth-order valence-corrected chi connectivity index (χ4v) is 2.98. The number of amides is 1. The highest BCUT2D eigenvalue weighted by atomic mass is 16.5. The summed E-state index contributed by atoms with van der Waals surface area (Å²) < 4.78 is 11.0. The normalized spacial score (nSPS) is 13.5. The number of benzene rings is 2. The van der Waals surface area contributed by atoms with Gasteiger partial charge in [0, 0.05) is 38.3 Å². The maximum absolute atomic E-state index is 12.3. The van der Waals surface area contributed by atoms with Gasteiger partial charge in [-0.3, -0.25) is 9.69 Å². The summed E-state index contributed by atoms with van der Waals surface area (Å²) in [6.45, 7) is 4.10. The Kier molecular flexibility index (Phi) is 9.31. The molecule has 2 N–H and O–H groups in total. The first kappa shape index (κ1) is 23.7. The number of carbonyl (C=O) groups is 3. The Labute approximate surface area is 180 Å². The third kappa shape index (κ3) is 7.98. The minimum Gasteiger partial charge on any atom is -0.496 e.